The van der Waals surface area contributed by atoms with Gasteiger partial charge in [-0.2, -0.15) is 0 Å². The van der Waals surface area contributed by atoms with Crippen LogP contribution >= 0.6 is 0 Å². The van der Waals surface area contributed by atoms with Crippen LogP contribution in [0, 0.1) is 0 Å². The predicted octanol–water partition coefficient (Wildman–Crippen LogP) is 1.93. The zero-order valence-electron chi connectivity index (χ0n) is 18.0. The average molecular weight is 470 g/mol. The maximum Gasteiger partial charge on any atom is 0.310 e. The number of carbonyl (C=O) groups excluding carboxylic acids is 2. The normalized spacial score (nSPS) is 17.7. The van der Waals surface area contributed by atoms with Crippen LogP contribution in [0.25, 0.3) is 16.6 Å². The number of para-hydroxylation sites is 3. The number of amides is 2. The molecule has 35 heavy (non-hydrogen) atoms. The van der Waals surface area contributed by atoms with Crippen LogP contribution in [-0.2, 0) is 10.5 Å². The summed E-state index contributed by atoms with van der Waals surface area (Å²) in [6, 6.07) is 20.0. The number of hydrazine groups is 1. The Hall–Kier alpha value is -4.96. The maximum atomic E-state index is 13.1. The lowest BCUT2D eigenvalue weighted by Crippen LogP contribution is -2.55. The highest BCUT2D eigenvalue weighted by Gasteiger charge is 2.55. The average Bonchev–Trinajstić information content (AvgIpc) is 3.05. The number of carbonyl (C=O) groups is 2. The number of nitrogens with one attached hydrogen (secondary N) is 2. The van der Waals surface area contributed by atoms with E-state index in [1.165, 1.54) is 36.4 Å². The first-order valence-corrected chi connectivity index (χ1v) is 10.5. The topological polar surface area (TPSA) is 156 Å². The minimum atomic E-state index is -2.51. The van der Waals surface area contributed by atoms with Gasteiger partial charge in [-0.3, -0.25) is 19.8 Å². The Morgan fingerprint density at radius 3 is 2.31 bits per heavy atom. The van der Waals surface area contributed by atoms with Gasteiger partial charge < -0.3 is 20.3 Å². The number of aromatic hydroxyl groups is 1. The SMILES string of the molecule is O=C(NN1C(=O)C(O)=C(c2nc3ccccc3[nH]c2=O)C1(O)c1ccccc1)c1ccccc1O. The molecule has 0 saturated heterocycles. The number of benzene rings is 3. The number of nitrogens with zero attached hydrogens (tertiary/aromatic N) is 2. The lowest BCUT2D eigenvalue weighted by molar-refractivity contribution is -0.150. The summed E-state index contributed by atoms with van der Waals surface area (Å²) in [6.07, 6.45) is 0. The molecule has 1 aliphatic rings. The van der Waals surface area contributed by atoms with Crippen LogP contribution in [0.4, 0.5) is 0 Å². The molecule has 0 radical (unpaired) electrons. The van der Waals surface area contributed by atoms with Crippen molar-refractivity contribution >= 4 is 28.4 Å². The Kier molecular flexibility index (Phi) is 5.07. The molecule has 10 nitrogen and oxygen atoms in total. The number of rotatable bonds is 4. The van der Waals surface area contributed by atoms with Crippen LogP contribution in [0.1, 0.15) is 21.6 Å². The third-order valence-electron chi connectivity index (χ3n) is 5.69. The van der Waals surface area contributed by atoms with E-state index in [9.17, 15) is 29.7 Å². The number of aromatic nitrogens is 2. The first-order chi connectivity index (χ1) is 16.8. The number of hydrogen-bond donors (Lipinski definition) is 5. The molecular formula is C25H18N4O6. The van der Waals surface area contributed by atoms with Gasteiger partial charge in [0, 0.05) is 5.56 Å². The van der Waals surface area contributed by atoms with E-state index in [-0.39, 0.29) is 16.9 Å². The summed E-state index contributed by atoms with van der Waals surface area (Å²) in [4.78, 5) is 45.9. The molecule has 1 unspecified atom stereocenters. The van der Waals surface area contributed by atoms with Crippen molar-refractivity contribution in [3.63, 3.8) is 0 Å². The number of hydrogen-bond acceptors (Lipinski definition) is 7. The fourth-order valence-corrected chi connectivity index (χ4v) is 4.02. The molecule has 0 fully saturated rings. The monoisotopic (exact) mass is 470 g/mol. The van der Waals surface area contributed by atoms with E-state index in [2.05, 4.69) is 15.4 Å². The molecule has 5 N–H and O–H groups in total. The minimum absolute atomic E-state index is 0.0688. The molecule has 5 rings (SSSR count). The molecule has 0 saturated carbocycles. The lowest BCUT2D eigenvalue weighted by atomic mass is 9.93. The van der Waals surface area contributed by atoms with Crippen molar-refractivity contribution in [3.05, 3.63) is 112 Å². The molecule has 2 heterocycles. The Morgan fingerprint density at radius 2 is 1.57 bits per heavy atom. The third kappa shape index (κ3) is 3.40. The Bertz CT molecular complexity index is 1580. The highest BCUT2D eigenvalue weighted by atomic mass is 16.3. The van der Waals surface area contributed by atoms with E-state index in [0.717, 1.165) is 0 Å². The number of H-pyrrole nitrogens is 1. The highest BCUT2D eigenvalue weighted by molar-refractivity contribution is 6.08. The van der Waals surface area contributed by atoms with Crippen molar-refractivity contribution in [1.82, 2.24) is 20.4 Å². The lowest BCUT2D eigenvalue weighted by Gasteiger charge is -2.35. The van der Waals surface area contributed by atoms with E-state index in [4.69, 9.17) is 0 Å². The molecule has 4 aromatic rings. The van der Waals surface area contributed by atoms with Crippen molar-refractivity contribution in [2.24, 2.45) is 0 Å². The summed E-state index contributed by atoms with van der Waals surface area (Å²) >= 11 is 0. The number of aliphatic hydroxyl groups excluding tert-OH is 1. The van der Waals surface area contributed by atoms with E-state index in [1.54, 1.807) is 42.5 Å². The predicted molar refractivity (Wildman–Crippen MR) is 125 cm³/mol. The second-order valence-corrected chi connectivity index (χ2v) is 7.79. The van der Waals surface area contributed by atoms with Gasteiger partial charge in [-0.15, -0.1) is 0 Å². The molecule has 3 aromatic carbocycles. The number of fused-ring (bicyclic) bond motifs is 1. The molecule has 1 atom stereocenters. The van der Waals surface area contributed by atoms with Crippen LogP contribution in [-0.4, -0.2) is 42.1 Å². The van der Waals surface area contributed by atoms with Crippen molar-refractivity contribution in [1.29, 1.82) is 0 Å². The fourth-order valence-electron chi connectivity index (χ4n) is 4.02. The number of aromatic amines is 1. The molecule has 0 aliphatic carbocycles. The summed E-state index contributed by atoms with van der Waals surface area (Å²) < 4.78 is 0. The molecule has 174 valence electrons. The second-order valence-electron chi connectivity index (χ2n) is 7.79. The minimum Gasteiger partial charge on any atom is -0.507 e. The van der Waals surface area contributed by atoms with Gasteiger partial charge in [0.25, 0.3) is 11.5 Å². The van der Waals surface area contributed by atoms with E-state index in [0.29, 0.717) is 16.0 Å². The summed E-state index contributed by atoms with van der Waals surface area (Å²) in [5, 5.41) is 33.4. The van der Waals surface area contributed by atoms with Gasteiger partial charge in [0.15, 0.2) is 5.76 Å². The zero-order chi connectivity index (χ0) is 24.7. The Balaban J connectivity index is 1.69. The molecule has 1 aliphatic heterocycles. The molecule has 0 bridgehead atoms. The van der Waals surface area contributed by atoms with Crippen molar-refractivity contribution < 1.29 is 24.9 Å². The zero-order valence-corrected chi connectivity index (χ0v) is 18.0. The Morgan fingerprint density at radius 1 is 0.914 bits per heavy atom. The quantitative estimate of drug-likeness (QED) is 0.305. The van der Waals surface area contributed by atoms with Crippen LogP contribution in [0.2, 0.25) is 0 Å². The van der Waals surface area contributed by atoms with Gasteiger partial charge in [0.1, 0.15) is 11.4 Å². The number of aliphatic hydroxyl groups is 2. The molecular weight excluding hydrogens is 452 g/mol. The van der Waals surface area contributed by atoms with Crippen molar-refractivity contribution in [2.45, 2.75) is 5.72 Å². The Labute approximate surface area is 197 Å². The standard InChI is InChI=1S/C25H18N4O6/c30-18-13-7-4-10-15(18)22(32)28-29-24(34)21(31)19(25(29,35)14-8-2-1-3-9-14)20-23(33)27-17-12-6-5-11-16(17)26-20/h1-13,30-31,35H,(H,27,33)(H,28,32). The van der Waals surface area contributed by atoms with Crippen LogP contribution < -0.4 is 11.0 Å². The number of phenolic OH excluding ortho intramolecular Hbond substituents is 1. The van der Waals surface area contributed by atoms with Gasteiger partial charge in [0.2, 0.25) is 5.72 Å². The first kappa shape index (κ1) is 21.9. The van der Waals surface area contributed by atoms with Gasteiger partial charge in [0.05, 0.1) is 22.2 Å². The van der Waals surface area contributed by atoms with Crippen LogP contribution in [0.15, 0.2) is 89.4 Å². The van der Waals surface area contributed by atoms with Gasteiger partial charge in [-0.25, -0.2) is 9.99 Å². The summed E-state index contributed by atoms with van der Waals surface area (Å²) in [5.41, 5.74) is -1.26. The largest absolute Gasteiger partial charge is 0.507 e. The molecule has 1 aromatic heterocycles. The second kappa shape index (κ2) is 8.12. The molecule has 0 spiro atoms. The summed E-state index contributed by atoms with van der Waals surface area (Å²) in [6.45, 7) is 0. The van der Waals surface area contributed by atoms with E-state index in [1.807, 2.05) is 0 Å². The van der Waals surface area contributed by atoms with Crippen molar-refractivity contribution in [3.8, 4) is 5.75 Å². The van der Waals surface area contributed by atoms with E-state index >= 15 is 0 Å². The summed E-state index contributed by atoms with van der Waals surface area (Å²) in [5.74, 6) is -3.43. The smallest absolute Gasteiger partial charge is 0.310 e. The molecule has 10 heteroatoms. The number of phenols is 1. The van der Waals surface area contributed by atoms with Gasteiger partial charge >= 0.3 is 5.91 Å². The summed E-state index contributed by atoms with van der Waals surface area (Å²) in [7, 11) is 0. The first-order valence-electron chi connectivity index (χ1n) is 10.5. The molecule has 2 amide bonds. The van der Waals surface area contributed by atoms with Crippen LogP contribution in [0.5, 0.6) is 5.75 Å². The third-order valence-corrected chi connectivity index (χ3v) is 5.69. The fraction of sp³-hybridized carbons (Fsp3) is 0.0400. The van der Waals surface area contributed by atoms with E-state index < -0.39 is 40.1 Å². The van der Waals surface area contributed by atoms with Crippen molar-refractivity contribution in [2.75, 3.05) is 0 Å². The van der Waals surface area contributed by atoms with Crippen LogP contribution in [0.3, 0.4) is 0 Å². The van der Waals surface area contributed by atoms with Gasteiger partial charge in [-0.1, -0.05) is 54.6 Å². The maximum absolute atomic E-state index is 13.1. The highest BCUT2D eigenvalue weighted by Crippen LogP contribution is 2.44. The van der Waals surface area contributed by atoms with Gasteiger partial charge in [-0.05, 0) is 24.3 Å².